The lowest BCUT2D eigenvalue weighted by atomic mass is 10.1. The number of aliphatic imine (C=N–C) groups is 2. The van der Waals surface area contributed by atoms with Crippen LogP contribution in [0.3, 0.4) is 0 Å². The van der Waals surface area contributed by atoms with E-state index in [-0.39, 0.29) is 6.04 Å². The van der Waals surface area contributed by atoms with Gasteiger partial charge in [0.05, 0.1) is 11.1 Å². The fraction of sp³-hybridized carbons (Fsp3) is 0.571. The molecule has 2 N–H and O–H groups in total. The molecular formula is C21H32FN3OS. The van der Waals surface area contributed by atoms with Gasteiger partial charge in [0.2, 0.25) is 5.91 Å². The molecule has 2 rings (SSSR count). The molecule has 0 radical (unpaired) electrons. The van der Waals surface area contributed by atoms with Gasteiger partial charge in [-0.25, -0.2) is 4.39 Å². The van der Waals surface area contributed by atoms with Gasteiger partial charge in [-0.3, -0.25) is 14.8 Å². The summed E-state index contributed by atoms with van der Waals surface area (Å²) >= 11 is 1.48. The molecule has 0 aliphatic heterocycles. The first-order valence-corrected chi connectivity index (χ1v) is 10.5. The molecule has 0 bridgehead atoms. The first-order valence-electron chi connectivity index (χ1n) is 9.64. The van der Waals surface area contributed by atoms with Crippen LogP contribution in [0.4, 0.5) is 4.39 Å². The van der Waals surface area contributed by atoms with E-state index in [9.17, 15) is 9.18 Å². The number of nitrogens with two attached hydrogens (primary N) is 1. The summed E-state index contributed by atoms with van der Waals surface area (Å²) in [6.45, 7) is 6.19. The van der Waals surface area contributed by atoms with Gasteiger partial charge in [-0.1, -0.05) is 57.0 Å². The molecule has 1 unspecified atom stereocenters. The summed E-state index contributed by atoms with van der Waals surface area (Å²) in [5, 5.41) is 1.70. The number of hydrogen-bond donors (Lipinski definition) is 1. The molecule has 1 amide bonds. The highest BCUT2D eigenvalue weighted by atomic mass is 32.2. The third-order valence-corrected chi connectivity index (χ3v) is 5.07. The normalized spacial score (nSPS) is 21.1. The second-order valence-electron chi connectivity index (χ2n) is 6.70. The van der Waals surface area contributed by atoms with Gasteiger partial charge < -0.3 is 5.73 Å². The van der Waals surface area contributed by atoms with E-state index in [0.717, 1.165) is 34.9 Å². The average Bonchev–Trinajstić information content (AvgIpc) is 2.84. The van der Waals surface area contributed by atoms with Crippen LogP contribution in [-0.4, -0.2) is 35.3 Å². The van der Waals surface area contributed by atoms with Crippen molar-refractivity contribution in [2.45, 2.75) is 71.5 Å². The zero-order valence-electron chi connectivity index (χ0n) is 16.9. The zero-order valence-corrected chi connectivity index (χ0v) is 17.7. The predicted molar refractivity (Wildman–Crippen MR) is 116 cm³/mol. The fourth-order valence-electron chi connectivity index (χ4n) is 2.83. The molecule has 6 heteroatoms. The van der Waals surface area contributed by atoms with Crippen LogP contribution in [0, 0.1) is 0 Å². The van der Waals surface area contributed by atoms with E-state index in [1.54, 1.807) is 19.2 Å². The van der Waals surface area contributed by atoms with Crippen LogP contribution in [0.1, 0.15) is 75.2 Å². The van der Waals surface area contributed by atoms with Crippen molar-refractivity contribution in [1.82, 2.24) is 0 Å². The number of rotatable bonds is 3. The summed E-state index contributed by atoms with van der Waals surface area (Å²) in [6, 6.07) is 7.09. The Kier molecular flexibility index (Phi) is 10.9. The molecule has 150 valence electrons. The smallest absolute Gasteiger partial charge is 0.248 e. The highest BCUT2D eigenvalue weighted by Gasteiger charge is 2.19. The Labute approximate surface area is 166 Å². The Morgan fingerprint density at radius 1 is 1.19 bits per heavy atom. The minimum Gasteiger partial charge on any atom is -0.366 e. The van der Waals surface area contributed by atoms with Gasteiger partial charge in [-0.05, 0) is 31.9 Å². The second-order valence-corrected chi connectivity index (χ2v) is 7.88. The maximum Gasteiger partial charge on any atom is 0.248 e. The van der Waals surface area contributed by atoms with E-state index in [1.807, 2.05) is 19.1 Å². The van der Waals surface area contributed by atoms with E-state index >= 15 is 0 Å². The third kappa shape index (κ3) is 8.69. The number of carbonyl (C=O) groups excluding carboxylic acids is 1. The van der Waals surface area contributed by atoms with Crippen LogP contribution in [0.15, 0.2) is 34.3 Å². The van der Waals surface area contributed by atoms with E-state index < -0.39 is 12.1 Å². The Bertz CT molecular complexity index is 643. The van der Waals surface area contributed by atoms with Crippen molar-refractivity contribution in [1.29, 1.82) is 0 Å². The van der Waals surface area contributed by atoms with Crippen molar-refractivity contribution in [3.05, 3.63) is 35.4 Å². The summed E-state index contributed by atoms with van der Waals surface area (Å²) in [5.74, 6) is -0.448. The summed E-state index contributed by atoms with van der Waals surface area (Å²) < 4.78 is 13.7. The van der Waals surface area contributed by atoms with Gasteiger partial charge in [0.1, 0.15) is 11.2 Å². The number of benzene rings is 1. The molecule has 1 aromatic rings. The molecule has 27 heavy (non-hydrogen) atoms. The largest absolute Gasteiger partial charge is 0.366 e. The lowest BCUT2D eigenvalue weighted by Crippen LogP contribution is -2.12. The van der Waals surface area contributed by atoms with Crippen molar-refractivity contribution in [3.8, 4) is 0 Å². The van der Waals surface area contributed by atoms with Gasteiger partial charge in [-0.15, -0.1) is 0 Å². The minimum atomic E-state index is -0.736. The number of thioether (sulfide) groups is 1. The molecule has 0 saturated heterocycles. The molecule has 1 fully saturated rings. The van der Waals surface area contributed by atoms with Crippen LogP contribution in [0.25, 0.3) is 0 Å². The molecule has 1 saturated carbocycles. The molecule has 1 aliphatic rings. The van der Waals surface area contributed by atoms with Crippen LogP contribution in [0.2, 0.25) is 0 Å². The summed E-state index contributed by atoms with van der Waals surface area (Å²) in [6.07, 6.45) is 4.63. The molecule has 0 aromatic heterocycles. The predicted octanol–water partition coefficient (Wildman–Crippen LogP) is 5.40. The fourth-order valence-corrected chi connectivity index (χ4v) is 3.65. The highest BCUT2D eigenvalue weighted by Crippen LogP contribution is 2.24. The van der Waals surface area contributed by atoms with Gasteiger partial charge >= 0.3 is 0 Å². The summed E-state index contributed by atoms with van der Waals surface area (Å²) in [4.78, 5) is 20.1. The molecule has 4 nitrogen and oxygen atoms in total. The Hall–Kier alpha value is -1.69. The topological polar surface area (TPSA) is 67.8 Å². The summed E-state index contributed by atoms with van der Waals surface area (Å²) in [5.41, 5.74) is 6.64. The number of carbonyl (C=O) groups is 1. The van der Waals surface area contributed by atoms with Crippen molar-refractivity contribution in [3.63, 3.8) is 0 Å². The number of amides is 1. The van der Waals surface area contributed by atoms with Gasteiger partial charge in [0.25, 0.3) is 0 Å². The number of alkyl halides is 1. The standard InChI is InChI=1S/C18H24FN3OS.C3H8/c1-12(22-16-6-4-3-5-15(19)11-16)24-18(21-2)14-9-7-13(8-10-14)17(20)23;1-3-2/h7-10,15-16H,3-6,11H2,1-2H3,(H2,20,23);3H2,1-2H3/t15-,16?;/m1./s1. The highest BCUT2D eigenvalue weighted by molar-refractivity contribution is 8.27. The second kappa shape index (κ2) is 12.7. The monoisotopic (exact) mass is 393 g/mol. The first-order chi connectivity index (χ1) is 12.9. The number of nitrogens with zero attached hydrogens (tertiary/aromatic N) is 2. The van der Waals surface area contributed by atoms with Crippen molar-refractivity contribution in [2.24, 2.45) is 15.7 Å². The maximum absolute atomic E-state index is 13.7. The third-order valence-electron chi connectivity index (χ3n) is 4.06. The molecule has 0 heterocycles. The quantitative estimate of drug-likeness (QED) is 0.424. The van der Waals surface area contributed by atoms with Crippen molar-refractivity contribution >= 4 is 27.8 Å². The molecule has 2 atom stereocenters. The van der Waals surface area contributed by atoms with E-state index in [4.69, 9.17) is 10.7 Å². The van der Waals surface area contributed by atoms with E-state index in [0.29, 0.717) is 18.4 Å². The Morgan fingerprint density at radius 3 is 2.30 bits per heavy atom. The van der Waals surface area contributed by atoms with Gasteiger partial charge in [-0.2, -0.15) is 0 Å². The van der Waals surface area contributed by atoms with E-state index in [2.05, 4.69) is 18.8 Å². The van der Waals surface area contributed by atoms with E-state index in [1.165, 1.54) is 18.2 Å². The number of hydrogen-bond acceptors (Lipinski definition) is 4. The van der Waals surface area contributed by atoms with Gasteiger partial charge in [0.15, 0.2) is 0 Å². The number of halogens is 1. The van der Waals surface area contributed by atoms with Crippen molar-refractivity contribution < 1.29 is 9.18 Å². The number of primary amides is 1. The lowest BCUT2D eigenvalue weighted by Gasteiger charge is -2.13. The zero-order chi connectivity index (χ0) is 20.2. The SMILES string of the molecule is CCC.CN=C(SC(C)=NC1CCCC[C@@H](F)C1)c1ccc(C(N)=O)cc1. The molecule has 1 aliphatic carbocycles. The Morgan fingerprint density at radius 2 is 1.74 bits per heavy atom. The van der Waals surface area contributed by atoms with Gasteiger partial charge in [0, 0.05) is 24.6 Å². The van der Waals surface area contributed by atoms with Crippen LogP contribution in [-0.2, 0) is 0 Å². The van der Waals surface area contributed by atoms with Crippen LogP contribution >= 0.6 is 11.8 Å². The minimum absolute atomic E-state index is 0.0605. The molecular weight excluding hydrogens is 361 g/mol. The first kappa shape index (κ1) is 23.3. The molecule has 0 spiro atoms. The average molecular weight is 394 g/mol. The maximum atomic E-state index is 13.7. The van der Waals surface area contributed by atoms with Crippen LogP contribution < -0.4 is 5.73 Å². The Balaban J connectivity index is 0.00000114. The summed E-state index contributed by atoms with van der Waals surface area (Å²) in [7, 11) is 1.72. The lowest BCUT2D eigenvalue weighted by molar-refractivity contribution is 0.100. The molecule has 1 aromatic carbocycles. The van der Waals surface area contributed by atoms with Crippen molar-refractivity contribution in [2.75, 3.05) is 7.05 Å². The van der Waals surface area contributed by atoms with Crippen LogP contribution in [0.5, 0.6) is 0 Å².